The SMILES string of the molecule is NS(=O)(=O)c1cc(C2=CCCCC2)ccc1C(F)(F)F. The Labute approximate surface area is 115 Å². The van der Waals surface area contributed by atoms with E-state index >= 15 is 0 Å². The van der Waals surface area contributed by atoms with Crippen LogP contribution in [0.3, 0.4) is 0 Å². The van der Waals surface area contributed by atoms with Gasteiger partial charge in [-0.1, -0.05) is 12.1 Å². The molecular formula is C13H14F3NO2S. The van der Waals surface area contributed by atoms with Crippen LogP contribution < -0.4 is 5.14 Å². The van der Waals surface area contributed by atoms with Gasteiger partial charge in [0.1, 0.15) is 0 Å². The largest absolute Gasteiger partial charge is 0.417 e. The second-order valence-corrected chi connectivity index (χ2v) is 6.26. The van der Waals surface area contributed by atoms with Gasteiger partial charge < -0.3 is 0 Å². The number of halogens is 3. The summed E-state index contributed by atoms with van der Waals surface area (Å²) in [5, 5.41) is 4.91. The van der Waals surface area contributed by atoms with Crippen molar-refractivity contribution in [3.63, 3.8) is 0 Å². The summed E-state index contributed by atoms with van der Waals surface area (Å²) in [6, 6.07) is 3.11. The average molecular weight is 305 g/mol. The first-order valence-corrected chi connectivity index (χ1v) is 7.67. The molecule has 0 atom stereocenters. The van der Waals surface area contributed by atoms with Crippen molar-refractivity contribution in [3.05, 3.63) is 35.4 Å². The Bertz CT molecular complexity index is 648. The van der Waals surface area contributed by atoms with Crippen molar-refractivity contribution >= 4 is 15.6 Å². The molecule has 0 unspecified atom stereocenters. The molecule has 1 aliphatic carbocycles. The van der Waals surface area contributed by atoms with Gasteiger partial charge in [-0.2, -0.15) is 13.2 Å². The molecule has 0 bridgehead atoms. The van der Waals surface area contributed by atoms with Crippen molar-refractivity contribution in [1.29, 1.82) is 0 Å². The molecule has 0 fully saturated rings. The van der Waals surface area contributed by atoms with Crippen LogP contribution in [-0.2, 0) is 16.2 Å². The first kappa shape index (κ1) is 15.1. The summed E-state index contributed by atoms with van der Waals surface area (Å²) in [6.07, 6.45) is 0.737. The third-order valence-corrected chi connectivity index (χ3v) is 4.21. The topological polar surface area (TPSA) is 60.2 Å². The van der Waals surface area contributed by atoms with Gasteiger partial charge in [-0.25, -0.2) is 13.6 Å². The maximum atomic E-state index is 12.8. The number of alkyl halides is 3. The molecule has 110 valence electrons. The van der Waals surface area contributed by atoms with Crippen LogP contribution in [-0.4, -0.2) is 8.42 Å². The highest BCUT2D eigenvalue weighted by molar-refractivity contribution is 7.89. The van der Waals surface area contributed by atoms with Crippen molar-refractivity contribution in [3.8, 4) is 0 Å². The molecule has 0 aromatic heterocycles. The maximum absolute atomic E-state index is 12.8. The van der Waals surface area contributed by atoms with Crippen LogP contribution in [0.1, 0.15) is 36.8 Å². The van der Waals surface area contributed by atoms with Crippen molar-refractivity contribution in [1.82, 2.24) is 0 Å². The molecular weight excluding hydrogens is 291 g/mol. The maximum Gasteiger partial charge on any atom is 0.417 e. The van der Waals surface area contributed by atoms with Crippen LogP contribution in [0.4, 0.5) is 13.2 Å². The summed E-state index contributed by atoms with van der Waals surface area (Å²) in [5.41, 5.74) is 0.136. The zero-order valence-corrected chi connectivity index (χ0v) is 11.4. The van der Waals surface area contributed by atoms with E-state index in [4.69, 9.17) is 5.14 Å². The van der Waals surface area contributed by atoms with Crippen molar-refractivity contribution in [2.24, 2.45) is 5.14 Å². The number of rotatable bonds is 2. The molecule has 1 aromatic rings. The molecule has 0 amide bonds. The van der Waals surface area contributed by atoms with E-state index in [0.717, 1.165) is 43.4 Å². The second-order valence-electron chi connectivity index (χ2n) is 4.73. The van der Waals surface area contributed by atoms with Gasteiger partial charge in [-0.3, -0.25) is 0 Å². The van der Waals surface area contributed by atoms with E-state index in [2.05, 4.69) is 0 Å². The van der Waals surface area contributed by atoms with E-state index in [1.807, 2.05) is 6.08 Å². The quantitative estimate of drug-likeness (QED) is 0.911. The van der Waals surface area contributed by atoms with Gasteiger partial charge in [0.25, 0.3) is 0 Å². The zero-order chi connectivity index (χ0) is 15.0. The molecule has 1 aromatic carbocycles. The molecule has 0 saturated heterocycles. The predicted octanol–water partition coefficient (Wildman–Crippen LogP) is 3.31. The van der Waals surface area contributed by atoms with Crippen LogP contribution in [0.25, 0.3) is 5.57 Å². The molecule has 0 spiro atoms. The Balaban J connectivity index is 2.58. The van der Waals surface area contributed by atoms with Crippen molar-refractivity contribution in [2.75, 3.05) is 0 Å². The van der Waals surface area contributed by atoms with E-state index < -0.39 is 26.7 Å². The molecule has 20 heavy (non-hydrogen) atoms. The summed E-state index contributed by atoms with van der Waals surface area (Å²) >= 11 is 0. The van der Waals surface area contributed by atoms with Gasteiger partial charge in [-0.15, -0.1) is 0 Å². The highest BCUT2D eigenvalue weighted by atomic mass is 32.2. The summed E-state index contributed by atoms with van der Waals surface area (Å²) < 4.78 is 61.2. The minimum Gasteiger partial charge on any atom is -0.225 e. The fraction of sp³-hybridized carbons (Fsp3) is 0.385. The Morgan fingerprint density at radius 3 is 2.35 bits per heavy atom. The Kier molecular flexibility index (Phi) is 3.93. The molecule has 0 saturated carbocycles. The Morgan fingerprint density at radius 1 is 1.15 bits per heavy atom. The zero-order valence-electron chi connectivity index (χ0n) is 10.6. The summed E-state index contributed by atoms with van der Waals surface area (Å²) in [4.78, 5) is -0.867. The van der Waals surface area contributed by atoms with E-state index in [-0.39, 0.29) is 0 Å². The van der Waals surface area contributed by atoms with Crippen LogP contribution in [0.2, 0.25) is 0 Å². The number of primary sulfonamides is 1. The summed E-state index contributed by atoms with van der Waals surface area (Å²) in [7, 11) is -4.43. The first-order valence-electron chi connectivity index (χ1n) is 6.13. The number of hydrogen-bond donors (Lipinski definition) is 1. The van der Waals surface area contributed by atoms with Gasteiger partial charge >= 0.3 is 6.18 Å². The molecule has 2 N–H and O–H groups in total. The van der Waals surface area contributed by atoms with Gasteiger partial charge in [0.05, 0.1) is 10.5 Å². The van der Waals surface area contributed by atoms with E-state index in [9.17, 15) is 21.6 Å². The molecule has 0 aliphatic heterocycles. The van der Waals surface area contributed by atoms with E-state index in [1.165, 1.54) is 6.07 Å². The van der Waals surface area contributed by atoms with Gasteiger partial charge in [0.15, 0.2) is 0 Å². The predicted molar refractivity (Wildman–Crippen MR) is 69.3 cm³/mol. The molecule has 2 rings (SSSR count). The third-order valence-electron chi connectivity index (χ3n) is 3.26. The summed E-state index contributed by atoms with van der Waals surface area (Å²) in [5.74, 6) is 0. The number of benzene rings is 1. The summed E-state index contributed by atoms with van der Waals surface area (Å²) in [6.45, 7) is 0. The lowest BCUT2D eigenvalue weighted by Crippen LogP contribution is -2.19. The number of nitrogens with two attached hydrogens (primary N) is 1. The van der Waals surface area contributed by atoms with Gasteiger partial charge in [0.2, 0.25) is 10.0 Å². The van der Waals surface area contributed by atoms with Crippen LogP contribution in [0.15, 0.2) is 29.2 Å². The second kappa shape index (κ2) is 5.21. The molecule has 7 heteroatoms. The smallest absolute Gasteiger partial charge is 0.225 e. The minimum atomic E-state index is -4.75. The average Bonchev–Trinajstić information content (AvgIpc) is 2.37. The Hall–Kier alpha value is -1.34. The van der Waals surface area contributed by atoms with Crippen molar-refractivity contribution < 1.29 is 21.6 Å². The lowest BCUT2D eigenvalue weighted by atomic mass is 9.93. The molecule has 0 heterocycles. The highest BCUT2D eigenvalue weighted by Gasteiger charge is 2.36. The fourth-order valence-corrected chi connectivity index (χ4v) is 3.07. The monoisotopic (exact) mass is 305 g/mol. The number of sulfonamides is 1. The van der Waals surface area contributed by atoms with Gasteiger partial charge in [-0.05, 0) is 49.0 Å². The number of allylic oxidation sites excluding steroid dienone is 2. The molecule has 0 radical (unpaired) electrons. The lowest BCUT2D eigenvalue weighted by Gasteiger charge is -2.16. The van der Waals surface area contributed by atoms with Crippen molar-refractivity contribution in [2.45, 2.75) is 36.8 Å². The molecule has 3 nitrogen and oxygen atoms in total. The normalized spacial score (nSPS) is 16.9. The Morgan fingerprint density at radius 2 is 1.85 bits per heavy atom. The number of hydrogen-bond acceptors (Lipinski definition) is 2. The van der Waals surface area contributed by atoms with Crippen LogP contribution in [0, 0.1) is 0 Å². The molecule has 1 aliphatic rings. The first-order chi connectivity index (χ1) is 9.19. The van der Waals surface area contributed by atoms with Crippen LogP contribution in [0.5, 0.6) is 0 Å². The lowest BCUT2D eigenvalue weighted by molar-refractivity contribution is -0.139. The van der Waals surface area contributed by atoms with Crippen LogP contribution >= 0.6 is 0 Å². The van der Waals surface area contributed by atoms with E-state index in [1.54, 1.807) is 0 Å². The minimum absolute atomic E-state index is 0.488. The third kappa shape index (κ3) is 3.21. The van der Waals surface area contributed by atoms with Gasteiger partial charge in [0, 0.05) is 0 Å². The highest BCUT2D eigenvalue weighted by Crippen LogP contribution is 2.36. The van der Waals surface area contributed by atoms with E-state index in [0.29, 0.717) is 5.56 Å². The standard InChI is InChI=1S/C13H14F3NO2S/c14-13(15,16)11-7-6-10(8-12(11)20(17,18)19)9-4-2-1-3-5-9/h4,6-8H,1-3,5H2,(H2,17,18,19). The fourth-order valence-electron chi connectivity index (χ4n) is 2.29.